The number of aliphatic carboxylic acids is 1. The van der Waals surface area contributed by atoms with Crippen LogP contribution in [0.15, 0.2) is 30.3 Å². The van der Waals surface area contributed by atoms with E-state index in [0.29, 0.717) is 13.2 Å². The van der Waals surface area contributed by atoms with E-state index in [0.717, 1.165) is 55.9 Å². The van der Waals surface area contributed by atoms with Crippen molar-refractivity contribution in [3.8, 4) is 5.75 Å². The molecule has 0 aromatic heterocycles. The minimum Gasteiger partial charge on any atom is -0.494 e. The number of hydrogen-bond acceptors (Lipinski definition) is 5. The topological polar surface area (TPSA) is 98.8 Å². The standard InChI is InChI=1S/C23H35NO5/c1-4-15-23(3,18(2)24)22(27)29-17-8-6-5-7-16-28-20-12-9-19(10-13-20)11-14-21(25)26/h9-14,18H,4-8,15-17,24H2,1-3H3,(H,25,26). The third-order valence-electron chi connectivity index (χ3n) is 5.08. The first-order chi connectivity index (χ1) is 13.8. The molecule has 6 heteroatoms. The van der Waals surface area contributed by atoms with E-state index in [2.05, 4.69) is 0 Å². The number of esters is 1. The van der Waals surface area contributed by atoms with Crippen molar-refractivity contribution in [2.45, 2.75) is 65.3 Å². The number of ether oxygens (including phenoxy) is 2. The van der Waals surface area contributed by atoms with E-state index in [-0.39, 0.29) is 12.0 Å². The minimum absolute atomic E-state index is 0.195. The molecular weight excluding hydrogens is 370 g/mol. The van der Waals surface area contributed by atoms with Crippen LogP contribution in [0.5, 0.6) is 5.75 Å². The summed E-state index contributed by atoms with van der Waals surface area (Å²) in [5.41, 5.74) is 6.19. The summed E-state index contributed by atoms with van der Waals surface area (Å²) >= 11 is 0. The quantitative estimate of drug-likeness (QED) is 0.270. The molecule has 0 fully saturated rings. The first kappa shape index (κ1) is 24.7. The van der Waals surface area contributed by atoms with Gasteiger partial charge in [0.1, 0.15) is 5.75 Å². The Labute approximate surface area is 174 Å². The van der Waals surface area contributed by atoms with Crippen molar-refractivity contribution in [3.63, 3.8) is 0 Å². The zero-order valence-electron chi connectivity index (χ0n) is 17.9. The van der Waals surface area contributed by atoms with Gasteiger partial charge < -0.3 is 20.3 Å². The van der Waals surface area contributed by atoms with Crippen molar-refractivity contribution in [1.82, 2.24) is 0 Å². The van der Waals surface area contributed by atoms with Crippen LogP contribution in [0, 0.1) is 5.41 Å². The van der Waals surface area contributed by atoms with E-state index in [1.165, 1.54) is 6.08 Å². The number of carbonyl (C=O) groups excluding carboxylic acids is 1. The largest absolute Gasteiger partial charge is 0.494 e. The van der Waals surface area contributed by atoms with Crippen molar-refractivity contribution >= 4 is 18.0 Å². The lowest BCUT2D eigenvalue weighted by Gasteiger charge is -2.30. The third-order valence-corrected chi connectivity index (χ3v) is 5.08. The molecule has 1 aromatic carbocycles. The fourth-order valence-corrected chi connectivity index (χ4v) is 2.96. The molecule has 0 heterocycles. The van der Waals surface area contributed by atoms with E-state index in [9.17, 15) is 9.59 Å². The summed E-state index contributed by atoms with van der Waals surface area (Å²) in [5.74, 6) is -0.402. The number of carboxylic acid groups (broad SMARTS) is 1. The second-order valence-corrected chi connectivity index (χ2v) is 7.60. The second-order valence-electron chi connectivity index (χ2n) is 7.60. The molecule has 0 amide bonds. The Hall–Kier alpha value is -2.34. The number of rotatable bonds is 14. The van der Waals surface area contributed by atoms with E-state index < -0.39 is 11.4 Å². The van der Waals surface area contributed by atoms with E-state index in [1.807, 2.05) is 45.0 Å². The molecule has 0 bridgehead atoms. The predicted molar refractivity (Wildman–Crippen MR) is 115 cm³/mol. The van der Waals surface area contributed by atoms with E-state index >= 15 is 0 Å². The maximum absolute atomic E-state index is 12.3. The molecule has 0 aliphatic heterocycles. The highest BCUT2D eigenvalue weighted by molar-refractivity contribution is 5.85. The SMILES string of the molecule is CCCC(C)(C(=O)OCCCCCCOc1ccc(C=CC(=O)O)cc1)C(C)N. The number of carboxylic acids is 1. The maximum Gasteiger partial charge on any atom is 0.328 e. The molecular formula is C23H35NO5. The fraction of sp³-hybridized carbons (Fsp3) is 0.565. The number of nitrogens with two attached hydrogens (primary N) is 1. The van der Waals surface area contributed by atoms with Crippen molar-refractivity contribution in [1.29, 1.82) is 0 Å². The van der Waals surface area contributed by atoms with Crippen molar-refractivity contribution in [2.24, 2.45) is 11.1 Å². The Kier molecular flexibility index (Phi) is 11.1. The van der Waals surface area contributed by atoms with Gasteiger partial charge in [-0.3, -0.25) is 4.79 Å². The molecule has 0 spiro atoms. The first-order valence-corrected chi connectivity index (χ1v) is 10.4. The van der Waals surface area contributed by atoms with Gasteiger partial charge in [-0.15, -0.1) is 0 Å². The molecule has 2 atom stereocenters. The highest BCUT2D eigenvalue weighted by atomic mass is 16.5. The van der Waals surface area contributed by atoms with Gasteiger partial charge in [0.15, 0.2) is 0 Å². The average molecular weight is 406 g/mol. The van der Waals surface area contributed by atoms with Crippen molar-refractivity contribution in [3.05, 3.63) is 35.9 Å². The molecule has 0 radical (unpaired) electrons. The predicted octanol–water partition coefficient (Wildman–Crippen LogP) is 4.42. The summed E-state index contributed by atoms with van der Waals surface area (Å²) in [6.07, 6.45) is 7.99. The Morgan fingerprint density at radius 3 is 2.31 bits per heavy atom. The number of carbonyl (C=O) groups is 2. The fourth-order valence-electron chi connectivity index (χ4n) is 2.96. The smallest absolute Gasteiger partial charge is 0.328 e. The molecule has 0 aliphatic carbocycles. The zero-order valence-corrected chi connectivity index (χ0v) is 17.9. The summed E-state index contributed by atoms with van der Waals surface area (Å²) in [6.45, 7) is 6.83. The summed E-state index contributed by atoms with van der Waals surface area (Å²) in [5, 5.41) is 8.62. The van der Waals surface area contributed by atoms with Crippen LogP contribution in [0.3, 0.4) is 0 Å². The minimum atomic E-state index is -0.969. The average Bonchev–Trinajstić information content (AvgIpc) is 2.69. The Morgan fingerprint density at radius 1 is 1.14 bits per heavy atom. The van der Waals surface area contributed by atoms with Gasteiger partial charge in [0.05, 0.1) is 18.6 Å². The summed E-state index contributed by atoms with van der Waals surface area (Å²) in [4.78, 5) is 22.8. The van der Waals surface area contributed by atoms with Gasteiger partial charge in [0.25, 0.3) is 0 Å². The lowest BCUT2D eigenvalue weighted by Crippen LogP contribution is -2.44. The third kappa shape index (κ3) is 9.13. The lowest BCUT2D eigenvalue weighted by molar-refractivity contribution is -0.156. The molecule has 1 aromatic rings. The van der Waals surface area contributed by atoms with Gasteiger partial charge in [-0.25, -0.2) is 4.79 Å². The highest BCUT2D eigenvalue weighted by Gasteiger charge is 2.37. The normalized spacial score (nSPS) is 14.3. The molecule has 0 saturated carbocycles. The van der Waals surface area contributed by atoms with Gasteiger partial charge in [0, 0.05) is 12.1 Å². The molecule has 0 saturated heterocycles. The van der Waals surface area contributed by atoms with Gasteiger partial charge in [-0.2, -0.15) is 0 Å². The molecule has 162 valence electrons. The summed E-state index contributed by atoms with van der Waals surface area (Å²) < 4.78 is 11.1. The molecule has 3 N–H and O–H groups in total. The molecule has 0 aliphatic rings. The molecule has 1 rings (SSSR count). The van der Waals surface area contributed by atoms with Gasteiger partial charge in [-0.05, 0) is 69.7 Å². The molecule has 2 unspecified atom stereocenters. The summed E-state index contributed by atoms with van der Waals surface area (Å²) in [7, 11) is 0. The van der Waals surface area contributed by atoms with E-state index in [1.54, 1.807) is 0 Å². The van der Waals surface area contributed by atoms with Gasteiger partial charge in [-0.1, -0.05) is 25.5 Å². The maximum atomic E-state index is 12.3. The van der Waals surface area contributed by atoms with Crippen LogP contribution in [0.1, 0.15) is 64.9 Å². The van der Waals surface area contributed by atoms with Crippen LogP contribution in [-0.2, 0) is 14.3 Å². The Bertz CT molecular complexity index is 654. The molecule has 6 nitrogen and oxygen atoms in total. The first-order valence-electron chi connectivity index (χ1n) is 10.4. The lowest BCUT2D eigenvalue weighted by atomic mass is 9.79. The van der Waals surface area contributed by atoms with Crippen molar-refractivity contribution in [2.75, 3.05) is 13.2 Å². The van der Waals surface area contributed by atoms with Gasteiger partial charge >= 0.3 is 11.9 Å². The number of unbranched alkanes of at least 4 members (excludes halogenated alkanes) is 3. The monoisotopic (exact) mass is 405 g/mol. The highest BCUT2D eigenvalue weighted by Crippen LogP contribution is 2.28. The van der Waals surface area contributed by atoms with Crippen LogP contribution in [-0.4, -0.2) is 36.3 Å². The zero-order chi connectivity index (χ0) is 21.7. The Balaban J connectivity index is 2.17. The van der Waals surface area contributed by atoms with E-state index in [4.69, 9.17) is 20.3 Å². The molecule has 29 heavy (non-hydrogen) atoms. The Morgan fingerprint density at radius 2 is 1.76 bits per heavy atom. The van der Waals surface area contributed by atoms with Crippen LogP contribution < -0.4 is 10.5 Å². The van der Waals surface area contributed by atoms with Crippen molar-refractivity contribution < 1.29 is 24.2 Å². The van der Waals surface area contributed by atoms with Crippen LogP contribution in [0.2, 0.25) is 0 Å². The van der Waals surface area contributed by atoms with Crippen LogP contribution in [0.4, 0.5) is 0 Å². The summed E-state index contributed by atoms with van der Waals surface area (Å²) in [6, 6.07) is 7.06. The number of benzene rings is 1. The van der Waals surface area contributed by atoms with Gasteiger partial charge in [0.2, 0.25) is 0 Å². The van der Waals surface area contributed by atoms with Crippen LogP contribution >= 0.6 is 0 Å². The van der Waals surface area contributed by atoms with Crippen LogP contribution in [0.25, 0.3) is 6.08 Å². The number of hydrogen-bond donors (Lipinski definition) is 2. The second kappa shape index (κ2) is 13.0.